The topological polar surface area (TPSA) is 77.7 Å². The second-order valence-electron chi connectivity index (χ2n) is 7.97. The average molecular weight is 396 g/mol. The molecule has 1 saturated carbocycles. The number of halogens is 1. The van der Waals surface area contributed by atoms with E-state index < -0.39 is 5.91 Å². The molecule has 1 amide bonds. The lowest BCUT2D eigenvalue weighted by Crippen LogP contribution is -2.59. The molecule has 2 unspecified atom stereocenters. The number of rotatable bonds is 5. The minimum absolute atomic E-state index is 0. The SMILES string of the molecule is COC1(c2ccnc(C(N)=O)c2)C2CCCC1CN(C[C@H]1CCCO1)C2.Cl. The van der Waals surface area contributed by atoms with Crippen LogP contribution < -0.4 is 5.73 Å². The monoisotopic (exact) mass is 395 g/mol. The second-order valence-corrected chi connectivity index (χ2v) is 7.97. The standard InChI is InChI=1S/C20H29N3O3.ClH/c1-25-20(14-7-8-22-18(10-14)19(21)24)15-4-2-5-16(20)12-23(11-15)13-17-6-3-9-26-17;/h7-8,10,15-17H,2-6,9,11-13H2,1H3,(H2,21,24);1H/t15?,16?,17-,20?;/m1./s1. The van der Waals surface area contributed by atoms with E-state index in [1.54, 1.807) is 6.20 Å². The van der Waals surface area contributed by atoms with Crippen molar-refractivity contribution in [1.29, 1.82) is 0 Å². The fourth-order valence-corrected chi connectivity index (χ4v) is 5.48. The smallest absolute Gasteiger partial charge is 0.267 e. The maximum Gasteiger partial charge on any atom is 0.267 e. The minimum atomic E-state index is -0.487. The Balaban J connectivity index is 0.00000210. The number of amides is 1. The highest BCUT2D eigenvalue weighted by Crippen LogP contribution is 2.51. The number of piperidine rings is 1. The lowest BCUT2D eigenvalue weighted by molar-refractivity contribution is -0.171. The molecule has 3 fully saturated rings. The third-order valence-electron chi connectivity index (χ3n) is 6.56. The van der Waals surface area contributed by atoms with Crippen LogP contribution in [-0.4, -0.2) is 55.2 Å². The van der Waals surface area contributed by atoms with Crippen LogP contribution in [0.1, 0.15) is 48.2 Å². The number of aromatic nitrogens is 1. The number of ether oxygens (including phenoxy) is 2. The molecule has 1 aliphatic carbocycles. The van der Waals surface area contributed by atoms with Gasteiger partial charge in [0.2, 0.25) is 0 Å². The first-order valence-electron chi connectivity index (χ1n) is 9.79. The van der Waals surface area contributed by atoms with Gasteiger partial charge in [0.05, 0.1) is 6.10 Å². The lowest BCUT2D eigenvalue weighted by atomic mass is 9.62. The van der Waals surface area contributed by atoms with Gasteiger partial charge in [-0.15, -0.1) is 12.4 Å². The molecule has 150 valence electrons. The first-order chi connectivity index (χ1) is 12.6. The van der Waals surface area contributed by atoms with Crippen LogP contribution >= 0.6 is 12.4 Å². The Morgan fingerprint density at radius 1 is 1.33 bits per heavy atom. The van der Waals surface area contributed by atoms with Crippen molar-refractivity contribution < 1.29 is 14.3 Å². The van der Waals surface area contributed by atoms with E-state index in [-0.39, 0.29) is 18.0 Å². The van der Waals surface area contributed by atoms with Gasteiger partial charge in [0.25, 0.3) is 5.91 Å². The number of hydrogen-bond donors (Lipinski definition) is 1. The first-order valence-corrected chi connectivity index (χ1v) is 9.79. The highest BCUT2D eigenvalue weighted by molar-refractivity contribution is 5.90. The average Bonchev–Trinajstić information content (AvgIpc) is 3.14. The molecule has 3 atom stereocenters. The van der Waals surface area contributed by atoms with Crippen LogP contribution in [0.25, 0.3) is 0 Å². The number of primary amides is 1. The summed E-state index contributed by atoms with van der Waals surface area (Å²) in [6.07, 6.45) is 7.94. The van der Waals surface area contributed by atoms with E-state index in [0.29, 0.717) is 23.6 Å². The molecule has 0 spiro atoms. The molecule has 2 N–H and O–H groups in total. The summed E-state index contributed by atoms with van der Waals surface area (Å²) in [4.78, 5) is 18.3. The lowest BCUT2D eigenvalue weighted by Gasteiger charge is -2.55. The van der Waals surface area contributed by atoms with Crippen LogP contribution in [0.3, 0.4) is 0 Å². The van der Waals surface area contributed by atoms with Gasteiger partial charge >= 0.3 is 0 Å². The van der Waals surface area contributed by atoms with Gasteiger partial charge < -0.3 is 15.2 Å². The molecule has 6 nitrogen and oxygen atoms in total. The van der Waals surface area contributed by atoms with E-state index in [1.807, 2.05) is 19.2 Å². The van der Waals surface area contributed by atoms with Crippen LogP contribution in [0, 0.1) is 11.8 Å². The van der Waals surface area contributed by atoms with Crippen molar-refractivity contribution in [2.75, 3.05) is 33.4 Å². The van der Waals surface area contributed by atoms with Gasteiger partial charge in [-0.1, -0.05) is 6.42 Å². The molecule has 2 aliphatic heterocycles. The predicted molar refractivity (Wildman–Crippen MR) is 105 cm³/mol. The van der Waals surface area contributed by atoms with Gasteiger partial charge in [0.1, 0.15) is 11.3 Å². The van der Waals surface area contributed by atoms with Crippen molar-refractivity contribution >= 4 is 18.3 Å². The van der Waals surface area contributed by atoms with Crippen LogP contribution in [0.15, 0.2) is 18.3 Å². The Hall–Kier alpha value is -1.21. The van der Waals surface area contributed by atoms with Gasteiger partial charge in [0, 0.05) is 51.4 Å². The van der Waals surface area contributed by atoms with Gasteiger partial charge in [-0.25, -0.2) is 0 Å². The third-order valence-corrected chi connectivity index (χ3v) is 6.56. The Morgan fingerprint density at radius 2 is 2.07 bits per heavy atom. The summed E-state index contributed by atoms with van der Waals surface area (Å²) < 4.78 is 12.1. The number of pyridine rings is 1. The fraction of sp³-hybridized carbons (Fsp3) is 0.700. The number of carbonyl (C=O) groups excluding carboxylic acids is 1. The molecule has 3 heterocycles. The molecule has 7 heteroatoms. The molecular weight excluding hydrogens is 366 g/mol. The number of methoxy groups -OCH3 is 1. The number of fused-ring (bicyclic) bond motifs is 2. The summed E-state index contributed by atoms with van der Waals surface area (Å²) in [5.41, 5.74) is 6.48. The largest absolute Gasteiger partial charge is 0.377 e. The maximum atomic E-state index is 11.6. The highest BCUT2D eigenvalue weighted by atomic mass is 35.5. The highest BCUT2D eigenvalue weighted by Gasteiger charge is 2.53. The molecule has 0 radical (unpaired) electrons. The van der Waals surface area contributed by atoms with Gasteiger partial charge in [0.15, 0.2) is 0 Å². The minimum Gasteiger partial charge on any atom is -0.377 e. The maximum absolute atomic E-state index is 11.6. The molecule has 1 aromatic rings. The third kappa shape index (κ3) is 3.73. The zero-order valence-corrected chi connectivity index (χ0v) is 16.7. The van der Waals surface area contributed by atoms with Crippen LogP contribution in [-0.2, 0) is 15.1 Å². The van der Waals surface area contributed by atoms with Gasteiger partial charge in [-0.2, -0.15) is 0 Å². The number of likely N-dealkylation sites (tertiary alicyclic amines) is 1. The van der Waals surface area contributed by atoms with Crippen molar-refractivity contribution in [2.24, 2.45) is 17.6 Å². The molecular formula is C20H30ClN3O3. The summed E-state index contributed by atoms with van der Waals surface area (Å²) >= 11 is 0. The van der Waals surface area contributed by atoms with Crippen molar-refractivity contribution in [3.05, 3.63) is 29.6 Å². The zero-order valence-electron chi connectivity index (χ0n) is 15.9. The van der Waals surface area contributed by atoms with Crippen molar-refractivity contribution in [2.45, 2.75) is 43.8 Å². The van der Waals surface area contributed by atoms with E-state index in [9.17, 15) is 4.79 Å². The van der Waals surface area contributed by atoms with E-state index in [1.165, 1.54) is 19.3 Å². The van der Waals surface area contributed by atoms with Crippen LogP contribution in [0.5, 0.6) is 0 Å². The van der Waals surface area contributed by atoms with Crippen LogP contribution in [0.2, 0.25) is 0 Å². The molecule has 0 aromatic carbocycles. The van der Waals surface area contributed by atoms with E-state index in [4.69, 9.17) is 15.2 Å². The normalized spacial score (nSPS) is 33.4. The molecule has 1 aromatic heterocycles. The number of hydrogen-bond acceptors (Lipinski definition) is 5. The quantitative estimate of drug-likeness (QED) is 0.828. The van der Waals surface area contributed by atoms with Crippen molar-refractivity contribution in [3.63, 3.8) is 0 Å². The number of carbonyl (C=O) groups is 1. The molecule has 2 bridgehead atoms. The predicted octanol–water partition coefficient (Wildman–Crippen LogP) is 2.35. The van der Waals surface area contributed by atoms with Crippen LogP contribution in [0.4, 0.5) is 0 Å². The zero-order chi connectivity index (χ0) is 18.1. The van der Waals surface area contributed by atoms with Crippen molar-refractivity contribution in [1.82, 2.24) is 9.88 Å². The molecule has 27 heavy (non-hydrogen) atoms. The number of nitrogens with zero attached hydrogens (tertiary/aromatic N) is 2. The summed E-state index contributed by atoms with van der Waals surface area (Å²) in [5.74, 6) is 0.327. The summed E-state index contributed by atoms with van der Waals surface area (Å²) in [6.45, 7) is 3.95. The molecule has 4 rings (SSSR count). The molecule has 2 saturated heterocycles. The Labute approximate surface area is 167 Å². The Bertz CT molecular complexity index is 652. The summed E-state index contributed by atoms with van der Waals surface area (Å²) in [5, 5.41) is 0. The summed E-state index contributed by atoms with van der Waals surface area (Å²) in [7, 11) is 1.81. The van der Waals surface area contributed by atoms with E-state index in [0.717, 1.165) is 44.6 Å². The van der Waals surface area contributed by atoms with Gasteiger partial charge in [-0.05, 0) is 43.4 Å². The molecule has 3 aliphatic rings. The van der Waals surface area contributed by atoms with Crippen molar-refractivity contribution in [3.8, 4) is 0 Å². The van der Waals surface area contributed by atoms with Gasteiger partial charge in [-0.3, -0.25) is 14.7 Å². The van der Waals surface area contributed by atoms with E-state index in [2.05, 4.69) is 9.88 Å². The second kappa shape index (κ2) is 8.43. The Morgan fingerprint density at radius 3 is 2.67 bits per heavy atom. The first kappa shape index (κ1) is 20.5. The summed E-state index contributed by atoms with van der Waals surface area (Å²) in [6, 6.07) is 3.84. The fourth-order valence-electron chi connectivity index (χ4n) is 5.48. The number of nitrogens with two attached hydrogens (primary N) is 1. The Kier molecular flexibility index (Phi) is 6.41. The van der Waals surface area contributed by atoms with E-state index >= 15 is 0 Å².